The van der Waals surface area contributed by atoms with Gasteiger partial charge in [-0.2, -0.15) is 4.39 Å². The van der Waals surface area contributed by atoms with Gasteiger partial charge in [0.15, 0.2) is 5.13 Å². The van der Waals surface area contributed by atoms with Crippen LogP contribution in [0.1, 0.15) is 5.56 Å². The first-order chi connectivity index (χ1) is 21.9. The summed E-state index contributed by atoms with van der Waals surface area (Å²) in [6.45, 7) is -0.235. The van der Waals surface area contributed by atoms with Crippen LogP contribution in [0.15, 0.2) is 59.6 Å². The molecule has 46 heavy (non-hydrogen) atoms. The summed E-state index contributed by atoms with van der Waals surface area (Å²) < 4.78 is 88.2. The number of halogens is 4. The number of hydrogen-bond donors (Lipinski definition) is 2. The molecule has 0 aliphatic carbocycles. The summed E-state index contributed by atoms with van der Waals surface area (Å²) in [5.74, 6) is -1.02. The quantitative estimate of drug-likeness (QED) is 0.169. The van der Waals surface area contributed by atoms with Crippen molar-refractivity contribution in [2.24, 2.45) is 0 Å². The normalized spacial score (nSPS) is 11.1. The minimum Gasteiger partial charge on any atom is -0.497 e. The Morgan fingerprint density at radius 1 is 1.04 bits per heavy atom. The summed E-state index contributed by atoms with van der Waals surface area (Å²) in [5.41, 5.74) is 0.955. The van der Waals surface area contributed by atoms with Crippen LogP contribution in [0, 0.1) is 16.8 Å². The van der Waals surface area contributed by atoms with Crippen molar-refractivity contribution >= 4 is 61.2 Å². The second-order valence-electron chi connectivity index (χ2n) is 9.49. The second-order valence-corrected chi connectivity index (χ2v) is 12.7. The standard InChI is InChI=1S/C29H29ClF3N5O6S2/c1-34-29(39)44-10-9-37(2)24-11-18(31)6-8-22(24)36-23-14-21(32)26(13-20(23)30)46(40,41)38(28-35-15-27(33)45-28)16-17-5-7-19(42-3)12-25(17)43-4/h5-8,11-15,36H,9-10,16H2,1-4H3,(H,34,39). The number of carbonyl (C=O) groups is 1. The molecule has 2 N–H and O–H groups in total. The summed E-state index contributed by atoms with van der Waals surface area (Å²) in [6, 6.07) is 10.2. The molecule has 0 fully saturated rings. The SMILES string of the molecule is CNC(=O)OCCN(C)c1cc(F)ccc1Nc1cc(F)c(S(=O)(=O)N(Cc2ccc(OC)cc2OC)c2ncc(F)s2)cc1Cl. The van der Waals surface area contributed by atoms with Crippen molar-refractivity contribution in [1.82, 2.24) is 10.3 Å². The minimum absolute atomic E-state index is 0.0179. The van der Waals surface area contributed by atoms with Gasteiger partial charge in [0.05, 0.1) is 55.6 Å². The van der Waals surface area contributed by atoms with Crippen LogP contribution < -0.4 is 29.3 Å². The third kappa shape index (κ3) is 7.86. The van der Waals surface area contributed by atoms with Crippen molar-refractivity contribution in [2.75, 3.05) is 56.0 Å². The smallest absolute Gasteiger partial charge is 0.406 e. The lowest BCUT2D eigenvalue weighted by Crippen LogP contribution is -2.31. The van der Waals surface area contributed by atoms with Crippen LogP contribution in [0.5, 0.6) is 11.5 Å². The van der Waals surface area contributed by atoms with E-state index in [0.717, 1.165) is 22.6 Å². The van der Waals surface area contributed by atoms with Gasteiger partial charge in [-0.3, -0.25) is 0 Å². The van der Waals surface area contributed by atoms with Crippen LogP contribution >= 0.6 is 22.9 Å². The van der Waals surface area contributed by atoms with Gasteiger partial charge in [-0.1, -0.05) is 22.9 Å². The van der Waals surface area contributed by atoms with E-state index >= 15 is 4.39 Å². The van der Waals surface area contributed by atoms with Crippen LogP contribution in [0.4, 0.5) is 40.2 Å². The number of sulfonamides is 1. The summed E-state index contributed by atoms with van der Waals surface area (Å²) in [5, 5.41) is 4.03. The van der Waals surface area contributed by atoms with Gasteiger partial charge in [-0.25, -0.2) is 31.3 Å². The summed E-state index contributed by atoms with van der Waals surface area (Å²) in [6.07, 6.45) is 0.219. The van der Waals surface area contributed by atoms with Crippen molar-refractivity contribution in [3.05, 3.63) is 82.1 Å². The van der Waals surface area contributed by atoms with Crippen LogP contribution in [0.25, 0.3) is 0 Å². The van der Waals surface area contributed by atoms with E-state index in [2.05, 4.69) is 15.6 Å². The van der Waals surface area contributed by atoms with E-state index in [4.69, 9.17) is 25.8 Å². The molecule has 0 saturated carbocycles. The van der Waals surface area contributed by atoms with E-state index in [1.54, 1.807) is 24.1 Å². The largest absolute Gasteiger partial charge is 0.497 e. The lowest BCUT2D eigenvalue weighted by atomic mass is 10.2. The Bertz CT molecular complexity index is 1830. The molecule has 0 aliphatic heterocycles. The summed E-state index contributed by atoms with van der Waals surface area (Å²) in [7, 11) is 1.14. The van der Waals surface area contributed by atoms with Gasteiger partial charge < -0.3 is 29.7 Å². The number of ether oxygens (including phenoxy) is 3. The number of rotatable bonds is 13. The van der Waals surface area contributed by atoms with E-state index in [1.165, 1.54) is 45.5 Å². The molecule has 1 heterocycles. The van der Waals surface area contributed by atoms with Crippen LogP contribution in [0.3, 0.4) is 0 Å². The number of nitrogens with one attached hydrogen (secondary N) is 2. The van der Waals surface area contributed by atoms with E-state index in [1.807, 2.05) is 0 Å². The highest BCUT2D eigenvalue weighted by Crippen LogP contribution is 2.38. The first-order valence-corrected chi connectivity index (χ1v) is 16.0. The molecular formula is C29H29ClF3N5O6S2. The summed E-state index contributed by atoms with van der Waals surface area (Å²) in [4.78, 5) is 16.1. The maximum absolute atomic E-state index is 15.7. The van der Waals surface area contributed by atoms with Crippen LogP contribution in [-0.4, -0.2) is 61.0 Å². The topological polar surface area (TPSA) is 122 Å². The Labute approximate surface area is 272 Å². The molecule has 4 aromatic rings. The number of aromatic nitrogens is 1. The van der Waals surface area contributed by atoms with Crippen molar-refractivity contribution in [3.8, 4) is 11.5 Å². The highest BCUT2D eigenvalue weighted by atomic mass is 35.5. The zero-order valence-corrected chi connectivity index (χ0v) is 27.3. The number of carbonyl (C=O) groups excluding carboxylic acids is 1. The molecule has 4 rings (SSSR count). The monoisotopic (exact) mass is 699 g/mol. The molecule has 0 atom stereocenters. The second kappa shape index (κ2) is 14.8. The van der Waals surface area contributed by atoms with Gasteiger partial charge in [0, 0.05) is 31.8 Å². The predicted molar refractivity (Wildman–Crippen MR) is 170 cm³/mol. The molecule has 0 bridgehead atoms. The number of amides is 1. The van der Waals surface area contributed by atoms with E-state index in [9.17, 15) is 22.0 Å². The number of anilines is 4. The molecule has 0 aliphatic rings. The number of methoxy groups -OCH3 is 2. The molecule has 3 aromatic carbocycles. The molecule has 1 aromatic heterocycles. The first kappa shape index (κ1) is 34.5. The van der Waals surface area contributed by atoms with Crippen molar-refractivity contribution in [1.29, 1.82) is 0 Å². The maximum Gasteiger partial charge on any atom is 0.406 e. The number of likely N-dealkylation sites (N-methyl/N-ethyl adjacent to an activating group) is 1. The lowest BCUT2D eigenvalue weighted by molar-refractivity contribution is 0.151. The van der Waals surface area contributed by atoms with Crippen LogP contribution in [0.2, 0.25) is 5.02 Å². The van der Waals surface area contributed by atoms with Gasteiger partial charge in [-0.15, -0.1) is 0 Å². The number of nitrogens with zero attached hydrogens (tertiary/aromatic N) is 3. The fourth-order valence-corrected chi connectivity index (χ4v) is 6.84. The Morgan fingerprint density at radius 3 is 2.46 bits per heavy atom. The number of thiazole rings is 1. The third-order valence-corrected chi connectivity index (χ3v) is 9.57. The number of alkyl carbamates (subject to hydrolysis) is 1. The molecule has 0 saturated heterocycles. The van der Waals surface area contributed by atoms with Gasteiger partial charge in [0.1, 0.15) is 34.6 Å². The highest BCUT2D eigenvalue weighted by molar-refractivity contribution is 7.93. The molecule has 1 amide bonds. The molecule has 11 nitrogen and oxygen atoms in total. The van der Waals surface area contributed by atoms with Gasteiger partial charge in [-0.05, 0) is 36.4 Å². The minimum atomic E-state index is -4.73. The van der Waals surface area contributed by atoms with Crippen molar-refractivity contribution in [2.45, 2.75) is 11.4 Å². The highest BCUT2D eigenvalue weighted by Gasteiger charge is 2.32. The van der Waals surface area contributed by atoms with Gasteiger partial charge in [0.25, 0.3) is 10.0 Å². The Balaban J connectivity index is 1.68. The van der Waals surface area contributed by atoms with E-state index in [0.29, 0.717) is 34.0 Å². The number of hydrogen-bond acceptors (Lipinski definition) is 10. The average molecular weight is 700 g/mol. The Hall–Kier alpha value is -4.41. The first-order valence-electron chi connectivity index (χ1n) is 13.3. The average Bonchev–Trinajstić information content (AvgIpc) is 3.47. The Morgan fingerprint density at radius 2 is 1.80 bits per heavy atom. The zero-order chi connectivity index (χ0) is 33.6. The van der Waals surface area contributed by atoms with Crippen molar-refractivity contribution in [3.63, 3.8) is 0 Å². The molecule has 17 heteroatoms. The lowest BCUT2D eigenvalue weighted by Gasteiger charge is -2.24. The van der Waals surface area contributed by atoms with Gasteiger partial charge in [0.2, 0.25) is 5.13 Å². The predicted octanol–water partition coefficient (Wildman–Crippen LogP) is 6.16. The maximum atomic E-state index is 15.7. The fourth-order valence-electron chi connectivity index (χ4n) is 4.23. The molecule has 0 spiro atoms. The number of benzene rings is 3. The van der Waals surface area contributed by atoms with E-state index < -0.39 is 44.3 Å². The van der Waals surface area contributed by atoms with Crippen LogP contribution in [-0.2, 0) is 21.3 Å². The van der Waals surface area contributed by atoms with E-state index in [-0.39, 0.29) is 34.7 Å². The van der Waals surface area contributed by atoms with Gasteiger partial charge >= 0.3 is 6.09 Å². The molecule has 0 unspecified atom stereocenters. The summed E-state index contributed by atoms with van der Waals surface area (Å²) >= 11 is 6.94. The van der Waals surface area contributed by atoms with Crippen molar-refractivity contribution < 1.29 is 40.6 Å². The zero-order valence-electron chi connectivity index (χ0n) is 24.9. The third-order valence-electron chi connectivity index (χ3n) is 6.58. The Kier molecular flexibility index (Phi) is 11.1. The molecule has 246 valence electrons. The molecule has 0 radical (unpaired) electrons. The molecular weight excluding hydrogens is 671 g/mol. The fraction of sp³-hybridized carbons (Fsp3) is 0.241.